The molecule has 3 heteroatoms. The predicted octanol–water partition coefficient (Wildman–Crippen LogP) is 1.37. The zero-order valence-corrected chi connectivity index (χ0v) is 6.46. The van der Waals surface area contributed by atoms with Gasteiger partial charge < -0.3 is 4.42 Å². The Morgan fingerprint density at radius 2 is 2.00 bits per heavy atom. The van der Waals surface area contributed by atoms with Gasteiger partial charge in [-0.3, -0.25) is 9.59 Å². The summed E-state index contributed by atoms with van der Waals surface area (Å²) in [4.78, 5) is 22.2. The SMILES string of the molecule is Cc1coc2c1C(=O)C(=O)C=C2. The van der Waals surface area contributed by atoms with E-state index in [1.807, 2.05) is 0 Å². The van der Waals surface area contributed by atoms with Crippen molar-refractivity contribution in [2.75, 3.05) is 0 Å². The number of hydrogen-bond donors (Lipinski definition) is 0. The van der Waals surface area contributed by atoms with E-state index in [1.54, 1.807) is 6.92 Å². The monoisotopic (exact) mass is 162 g/mol. The number of fused-ring (bicyclic) bond motifs is 1. The van der Waals surface area contributed by atoms with Gasteiger partial charge >= 0.3 is 0 Å². The van der Waals surface area contributed by atoms with Crippen molar-refractivity contribution < 1.29 is 14.0 Å². The van der Waals surface area contributed by atoms with Gasteiger partial charge in [0.2, 0.25) is 11.6 Å². The van der Waals surface area contributed by atoms with E-state index in [0.717, 1.165) is 0 Å². The van der Waals surface area contributed by atoms with E-state index < -0.39 is 11.6 Å². The average Bonchev–Trinajstić information content (AvgIpc) is 2.41. The molecule has 1 aromatic heterocycles. The van der Waals surface area contributed by atoms with Crippen LogP contribution < -0.4 is 0 Å². The Bertz CT molecular complexity index is 396. The lowest BCUT2D eigenvalue weighted by Gasteiger charge is -2.00. The highest BCUT2D eigenvalue weighted by Gasteiger charge is 2.25. The molecule has 0 spiro atoms. The van der Waals surface area contributed by atoms with Crippen molar-refractivity contribution in [3.05, 3.63) is 29.2 Å². The number of carbonyl (C=O) groups excluding carboxylic acids is 2. The first-order valence-electron chi connectivity index (χ1n) is 3.55. The molecule has 1 aliphatic rings. The molecule has 12 heavy (non-hydrogen) atoms. The Morgan fingerprint density at radius 1 is 1.25 bits per heavy atom. The lowest BCUT2D eigenvalue weighted by Crippen LogP contribution is -2.15. The summed E-state index contributed by atoms with van der Waals surface area (Å²) in [6, 6.07) is 0. The van der Waals surface area contributed by atoms with Gasteiger partial charge in [0.25, 0.3) is 0 Å². The van der Waals surface area contributed by atoms with Crippen LogP contribution in [0.25, 0.3) is 6.08 Å². The van der Waals surface area contributed by atoms with E-state index in [9.17, 15) is 9.59 Å². The van der Waals surface area contributed by atoms with Crippen LogP contribution in [-0.2, 0) is 4.79 Å². The molecule has 0 aromatic carbocycles. The van der Waals surface area contributed by atoms with Crippen LogP contribution in [0, 0.1) is 6.92 Å². The molecule has 0 amide bonds. The fourth-order valence-electron chi connectivity index (χ4n) is 1.23. The first kappa shape index (κ1) is 7.03. The van der Waals surface area contributed by atoms with Crippen LogP contribution in [0.4, 0.5) is 0 Å². The zero-order valence-electron chi connectivity index (χ0n) is 6.46. The molecular weight excluding hydrogens is 156 g/mol. The second-order valence-corrected chi connectivity index (χ2v) is 2.68. The van der Waals surface area contributed by atoms with Gasteiger partial charge in [-0.25, -0.2) is 0 Å². The molecule has 0 bridgehead atoms. The third-order valence-corrected chi connectivity index (χ3v) is 1.84. The molecule has 60 valence electrons. The summed E-state index contributed by atoms with van der Waals surface area (Å²) in [6.07, 6.45) is 4.23. The second kappa shape index (κ2) is 2.17. The zero-order chi connectivity index (χ0) is 8.72. The van der Waals surface area contributed by atoms with E-state index in [-0.39, 0.29) is 0 Å². The number of ketones is 2. The highest BCUT2D eigenvalue weighted by Crippen LogP contribution is 2.22. The summed E-state index contributed by atoms with van der Waals surface area (Å²) in [5.41, 5.74) is 1.12. The minimum atomic E-state index is -0.480. The van der Waals surface area contributed by atoms with E-state index in [4.69, 9.17) is 4.42 Å². The normalized spacial score (nSPS) is 15.1. The van der Waals surface area contributed by atoms with Crippen molar-refractivity contribution in [1.82, 2.24) is 0 Å². The number of furan rings is 1. The van der Waals surface area contributed by atoms with Crippen molar-refractivity contribution in [1.29, 1.82) is 0 Å². The maximum absolute atomic E-state index is 11.2. The van der Waals surface area contributed by atoms with Gasteiger partial charge in [-0.05, 0) is 24.6 Å². The van der Waals surface area contributed by atoms with Crippen LogP contribution in [0.5, 0.6) is 0 Å². The maximum Gasteiger partial charge on any atom is 0.237 e. The van der Waals surface area contributed by atoms with Crippen LogP contribution in [0.1, 0.15) is 21.7 Å². The second-order valence-electron chi connectivity index (χ2n) is 2.68. The third kappa shape index (κ3) is 0.763. The van der Waals surface area contributed by atoms with Gasteiger partial charge in [0.05, 0.1) is 11.8 Å². The third-order valence-electron chi connectivity index (χ3n) is 1.84. The fourth-order valence-corrected chi connectivity index (χ4v) is 1.23. The van der Waals surface area contributed by atoms with Crippen LogP contribution in [-0.4, -0.2) is 11.6 Å². The molecule has 1 aromatic rings. The van der Waals surface area contributed by atoms with Crippen LogP contribution >= 0.6 is 0 Å². The van der Waals surface area contributed by atoms with Crippen LogP contribution in [0.3, 0.4) is 0 Å². The molecule has 0 fully saturated rings. The molecule has 1 heterocycles. The minimum Gasteiger partial charge on any atom is -0.464 e. The molecule has 3 nitrogen and oxygen atoms in total. The molecule has 1 aliphatic carbocycles. The summed E-state index contributed by atoms with van der Waals surface area (Å²) >= 11 is 0. The molecule has 0 N–H and O–H groups in total. The largest absolute Gasteiger partial charge is 0.464 e. The molecule has 0 aliphatic heterocycles. The van der Waals surface area contributed by atoms with Crippen molar-refractivity contribution in [3.63, 3.8) is 0 Å². The quantitative estimate of drug-likeness (QED) is 0.541. The van der Waals surface area contributed by atoms with Gasteiger partial charge in [0.15, 0.2) is 0 Å². The maximum atomic E-state index is 11.2. The summed E-state index contributed by atoms with van der Waals surface area (Å²) in [7, 11) is 0. The highest BCUT2D eigenvalue weighted by molar-refractivity contribution is 6.50. The fraction of sp³-hybridized carbons (Fsp3) is 0.111. The molecule has 2 rings (SSSR count). The van der Waals surface area contributed by atoms with E-state index in [0.29, 0.717) is 16.9 Å². The minimum absolute atomic E-state index is 0.405. The van der Waals surface area contributed by atoms with E-state index in [2.05, 4.69) is 0 Å². The van der Waals surface area contributed by atoms with Gasteiger partial charge in [-0.1, -0.05) is 0 Å². The van der Waals surface area contributed by atoms with Gasteiger partial charge in [-0.2, -0.15) is 0 Å². The summed E-state index contributed by atoms with van der Waals surface area (Å²) < 4.78 is 5.05. The van der Waals surface area contributed by atoms with Crippen LogP contribution in [0.15, 0.2) is 16.8 Å². The first-order chi connectivity index (χ1) is 5.70. The van der Waals surface area contributed by atoms with Crippen molar-refractivity contribution >= 4 is 17.6 Å². The Morgan fingerprint density at radius 3 is 2.75 bits per heavy atom. The van der Waals surface area contributed by atoms with Gasteiger partial charge in [0.1, 0.15) is 5.76 Å². The molecule has 0 unspecified atom stereocenters. The summed E-state index contributed by atoms with van der Waals surface area (Å²) in [5, 5.41) is 0. The average molecular weight is 162 g/mol. The predicted molar refractivity (Wildman–Crippen MR) is 41.8 cm³/mol. The van der Waals surface area contributed by atoms with Gasteiger partial charge in [-0.15, -0.1) is 0 Å². The van der Waals surface area contributed by atoms with E-state index in [1.165, 1.54) is 18.4 Å². The molecule has 0 radical (unpaired) electrons. The van der Waals surface area contributed by atoms with Crippen LogP contribution in [0.2, 0.25) is 0 Å². The Hall–Kier alpha value is -1.64. The van der Waals surface area contributed by atoms with Gasteiger partial charge in [0, 0.05) is 0 Å². The topological polar surface area (TPSA) is 47.3 Å². The molecule has 0 saturated heterocycles. The lowest BCUT2D eigenvalue weighted by atomic mass is 9.99. The molecular formula is C9H6O3. The number of hydrogen-bond acceptors (Lipinski definition) is 3. The number of allylic oxidation sites excluding steroid dienone is 1. The highest BCUT2D eigenvalue weighted by atomic mass is 16.3. The Labute approximate surface area is 68.7 Å². The van der Waals surface area contributed by atoms with Crippen molar-refractivity contribution in [2.24, 2.45) is 0 Å². The smallest absolute Gasteiger partial charge is 0.237 e. The van der Waals surface area contributed by atoms with Crippen molar-refractivity contribution in [2.45, 2.75) is 6.92 Å². The molecule has 0 saturated carbocycles. The van der Waals surface area contributed by atoms with Crippen molar-refractivity contribution in [3.8, 4) is 0 Å². The first-order valence-corrected chi connectivity index (χ1v) is 3.55. The Balaban J connectivity index is 2.70. The Kier molecular flexibility index (Phi) is 1.27. The standard InChI is InChI=1S/C9H6O3/c1-5-4-12-7-3-2-6(10)9(11)8(5)7/h2-4H,1H3. The number of aryl methyl sites for hydroxylation is 1. The summed E-state index contributed by atoms with van der Waals surface area (Å²) in [5.74, 6) is -0.470. The van der Waals surface area contributed by atoms with E-state index >= 15 is 0 Å². The molecule has 0 atom stereocenters. The number of Topliss-reactive ketones (excluding diaryl/α,β-unsaturated/α-hetero) is 1. The number of rotatable bonds is 0. The summed E-state index contributed by atoms with van der Waals surface area (Å²) in [6.45, 7) is 1.74. The number of carbonyl (C=O) groups is 2. The lowest BCUT2D eigenvalue weighted by molar-refractivity contribution is -0.110.